The molecule has 0 unspecified atom stereocenters. The van der Waals surface area contributed by atoms with E-state index in [1.807, 2.05) is 0 Å². The Morgan fingerprint density at radius 2 is 1.82 bits per heavy atom. The number of aryl methyl sites for hydroxylation is 1. The molecule has 1 aliphatic rings. The van der Waals surface area contributed by atoms with Crippen LogP contribution in [-0.2, 0) is 13.5 Å². The zero-order valence-electron chi connectivity index (χ0n) is 16.2. The molecule has 0 bridgehead atoms. The molecule has 2 aromatic carbocycles. The van der Waals surface area contributed by atoms with Crippen LogP contribution >= 0.6 is 11.6 Å². The molecule has 1 aliphatic heterocycles. The van der Waals surface area contributed by atoms with Gasteiger partial charge in [0, 0.05) is 60.4 Å². The number of benzene rings is 2. The molecule has 0 spiro atoms. The smallest absolute Gasteiger partial charge is 0.251 e. The monoisotopic (exact) mass is 395 g/mol. The van der Waals surface area contributed by atoms with Crippen LogP contribution < -0.4 is 5.32 Å². The molecule has 3 aromatic rings. The minimum atomic E-state index is -0.00845. The maximum atomic E-state index is 12.4. The molecule has 2 heterocycles. The third-order valence-corrected chi connectivity index (χ3v) is 5.96. The number of fused-ring (bicyclic) bond motifs is 1. The molecule has 4 rings (SSSR count). The van der Waals surface area contributed by atoms with E-state index in [9.17, 15) is 4.79 Å². The number of hydrogen-bond acceptors (Lipinski definition) is 2. The van der Waals surface area contributed by atoms with Gasteiger partial charge >= 0.3 is 0 Å². The van der Waals surface area contributed by atoms with Crippen molar-refractivity contribution in [2.45, 2.75) is 25.3 Å². The third-order valence-electron chi connectivity index (χ3n) is 5.71. The van der Waals surface area contributed by atoms with E-state index in [4.69, 9.17) is 11.6 Å². The first-order valence-corrected chi connectivity index (χ1v) is 10.3. The number of piperidine rings is 1. The van der Waals surface area contributed by atoms with Gasteiger partial charge in [-0.15, -0.1) is 0 Å². The van der Waals surface area contributed by atoms with Crippen LogP contribution in [0.2, 0.25) is 5.02 Å². The Kier molecular flexibility index (Phi) is 5.69. The predicted molar refractivity (Wildman–Crippen MR) is 115 cm³/mol. The first-order valence-electron chi connectivity index (χ1n) is 9.92. The lowest BCUT2D eigenvalue weighted by atomic mass is 10.0. The molecule has 1 amide bonds. The predicted octanol–water partition coefficient (Wildman–Crippen LogP) is 4.27. The molecule has 0 aliphatic carbocycles. The minimum Gasteiger partial charge on any atom is -0.350 e. The molecule has 0 saturated carbocycles. The molecule has 1 fully saturated rings. The lowest BCUT2D eigenvalue weighted by Crippen LogP contribution is -2.45. The number of para-hydroxylation sites is 1. The quantitative estimate of drug-likeness (QED) is 0.700. The Hall–Kier alpha value is -2.30. The average molecular weight is 396 g/mol. The summed E-state index contributed by atoms with van der Waals surface area (Å²) in [6.45, 7) is 3.11. The lowest BCUT2D eigenvalue weighted by Gasteiger charge is -2.32. The molecule has 1 aromatic heterocycles. The van der Waals surface area contributed by atoms with E-state index < -0.39 is 0 Å². The van der Waals surface area contributed by atoms with Crippen molar-refractivity contribution in [3.63, 3.8) is 0 Å². The Bertz CT molecular complexity index is 956. The van der Waals surface area contributed by atoms with Crippen molar-refractivity contribution in [3.8, 4) is 0 Å². The maximum Gasteiger partial charge on any atom is 0.251 e. The summed E-state index contributed by atoms with van der Waals surface area (Å²) in [5.41, 5.74) is 3.38. The van der Waals surface area contributed by atoms with Crippen molar-refractivity contribution in [1.29, 1.82) is 0 Å². The number of likely N-dealkylation sites (tertiary alicyclic amines) is 1. The highest BCUT2D eigenvalue weighted by Gasteiger charge is 2.21. The number of carbonyl (C=O) groups is 1. The first-order chi connectivity index (χ1) is 13.6. The summed E-state index contributed by atoms with van der Waals surface area (Å²) in [4.78, 5) is 14.9. The summed E-state index contributed by atoms with van der Waals surface area (Å²) >= 11 is 5.89. The van der Waals surface area contributed by atoms with E-state index in [1.54, 1.807) is 24.3 Å². The van der Waals surface area contributed by atoms with E-state index in [0.717, 1.165) is 38.9 Å². The molecular weight excluding hydrogens is 370 g/mol. The van der Waals surface area contributed by atoms with Gasteiger partial charge in [0.15, 0.2) is 0 Å². The Labute approximate surface area is 171 Å². The van der Waals surface area contributed by atoms with Gasteiger partial charge in [-0.2, -0.15) is 0 Å². The van der Waals surface area contributed by atoms with Crippen molar-refractivity contribution in [2.75, 3.05) is 19.6 Å². The summed E-state index contributed by atoms with van der Waals surface area (Å²) in [6.07, 6.45) is 5.30. The fourth-order valence-corrected chi connectivity index (χ4v) is 4.20. The molecular formula is C23H26ClN3O. The number of nitrogens with zero attached hydrogens (tertiary/aromatic N) is 2. The van der Waals surface area contributed by atoms with E-state index in [2.05, 4.69) is 52.3 Å². The summed E-state index contributed by atoms with van der Waals surface area (Å²) in [5.74, 6) is -0.00845. The summed E-state index contributed by atoms with van der Waals surface area (Å²) in [6, 6.07) is 15.9. The molecule has 146 valence electrons. The van der Waals surface area contributed by atoms with Crippen LogP contribution in [0, 0.1) is 0 Å². The van der Waals surface area contributed by atoms with Crippen molar-refractivity contribution in [1.82, 2.24) is 14.8 Å². The number of halogens is 1. The van der Waals surface area contributed by atoms with Gasteiger partial charge in [0.25, 0.3) is 5.91 Å². The van der Waals surface area contributed by atoms with Crippen LogP contribution in [0.15, 0.2) is 54.7 Å². The number of hydrogen-bond donors (Lipinski definition) is 1. The highest BCUT2D eigenvalue weighted by molar-refractivity contribution is 6.30. The van der Waals surface area contributed by atoms with E-state index in [1.165, 1.54) is 16.5 Å². The van der Waals surface area contributed by atoms with Crippen molar-refractivity contribution < 1.29 is 4.79 Å². The summed E-state index contributed by atoms with van der Waals surface area (Å²) in [7, 11) is 2.11. The van der Waals surface area contributed by atoms with Gasteiger partial charge < -0.3 is 14.8 Å². The van der Waals surface area contributed by atoms with Crippen LogP contribution in [0.25, 0.3) is 10.9 Å². The van der Waals surface area contributed by atoms with Gasteiger partial charge in [-0.25, -0.2) is 0 Å². The van der Waals surface area contributed by atoms with Crippen molar-refractivity contribution in [2.24, 2.45) is 7.05 Å². The van der Waals surface area contributed by atoms with Crippen LogP contribution in [0.3, 0.4) is 0 Å². The Balaban J connectivity index is 1.27. The number of aromatic nitrogens is 1. The molecule has 1 saturated heterocycles. The second-order valence-electron chi connectivity index (χ2n) is 7.63. The van der Waals surface area contributed by atoms with E-state index in [0.29, 0.717) is 10.6 Å². The minimum absolute atomic E-state index is 0.00845. The van der Waals surface area contributed by atoms with Crippen LogP contribution in [-0.4, -0.2) is 41.1 Å². The zero-order valence-corrected chi connectivity index (χ0v) is 17.0. The number of nitrogens with one attached hydrogen (secondary N) is 1. The lowest BCUT2D eigenvalue weighted by molar-refractivity contribution is 0.0911. The standard InChI is InChI=1S/C23H26ClN3O/c1-26-16-18(21-4-2-3-5-22(21)26)10-13-27-14-11-20(12-15-27)25-23(28)17-6-8-19(24)9-7-17/h2-9,16,20H,10-15H2,1H3,(H,25,28). The Morgan fingerprint density at radius 1 is 1.11 bits per heavy atom. The number of amides is 1. The van der Waals surface area contributed by atoms with Gasteiger partial charge in [0.05, 0.1) is 0 Å². The third kappa shape index (κ3) is 4.23. The largest absolute Gasteiger partial charge is 0.350 e. The summed E-state index contributed by atoms with van der Waals surface area (Å²) < 4.78 is 2.21. The van der Waals surface area contributed by atoms with E-state index in [-0.39, 0.29) is 11.9 Å². The van der Waals surface area contributed by atoms with Gasteiger partial charge in [-0.1, -0.05) is 29.8 Å². The topological polar surface area (TPSA) is 37.3 Å². The highest BCUT2D eigenvalue weighted by Crippen LogP contribution is 2.21. The van der Waals surface area contributed by atoms with Crippen molar-refractivity contribution in [3.05, 3.63) is 70.9 Å². The van der Waals surface area contributed by atoms with Crippen LogP contribution in [0.5, 0.6) is 0 Å². The van der Waals surface area contributed by atoms with Crippen LogP contribution in [0.1, 0.15) is 28.8 Å². The van der Waals surface area contributed by atoms with Gasteiger partial charge in [-0.05, 0) is 55.2 Å². The number of rotatable bonds is 5. The molecule has 28 heavy (non-hydrogen) atoms. The second-order valence-corrected chi connectivity index (χ2v) is 8.07. The SMILES string of the molecule is Cn1cc(CCN2CCC(NC(=O)c3ccc(Cl)cc3)CC2)c2ccccc21. The molecule has 0 atom stereocenters. The molecule has 5 heteroatoms. The Morgan fingerprint density at radius 3 is 2.57 bits per heavy atom. The summed E-state index contributed by atoms with van der Waals surface area (Å²) in [5, 5.41) is 5.17. The maximum absolute atomic E-state index is 12.4. The first kappa shape index (κ1) is 19.0. The fraction of sp³-hybridized carbons (Fsp3) is 0.348. The normalized spacial score (nSPS) is 15.8. The second kappa shape index (κ2) is 8.38. The molecule has 0 radical (unpaired) electrons. The fourth-order valence-electron chi connectivity index (χ4n) is 4.07. The van der Waals surface area contributed by atoms with E-state index >= 15 is 0 Å². The van der Waals surface area contributed by atoms with Gasteiger partial charge in [0.2, 0.25) is 0 Å². The van der Waals surface area contributed by atoms with Gasteiger partial charge in [-0.3, -0.25) is 4.79 Å². The zero-order chi connectivity index (χ0) is 19.5. The van der Waals surface area contributed by atoms with Gasteiger partial charge in [0.1, 0.15) is 0 Å². The molecule has 4 nitrogen and oxygen atoms in total. The number of carbonyl (C=O) groups excluding carboxylic acids is 1. The average Bonchev–Trinajstić information content (AvgIpc) is 3.04. The van der Waals surface area contributed by atoms with Crippen molar-refractivity contribution >= 4 is 28.4 Å². The molecule has 1 N–H and O–H groups in total. The highest BCUT2D eigenvalue weighted by atomic mass is 35.5. The van der Waals surface area contributed by atoms with Crippen LogP contribution in [0.4, 0.5) is 0 Å².